The lowest BCUT2D eigenvalue weighted by Crippen LogP contribution is -2.18. The fraction of sp³-hybridized carbons (Fsp3) is 0.533. The Morgan fingerprint density at radius 3 is 2.90 bits per heavy atom. The number of likely N-dealkylation sites (tertiary alicyclic amines) is 1. The van der Waals surface area contributed by atoms with E-state index in [0.717, 1.165) is 30.9 Å². The molecule has 0 bridgehead atoms. The summed E-state index contributed by atoms with van der Waals surface area (Å²) in [5.41, 5.74) is 1.59. The first kappa shape index (κ1) is 14.6. The number of ether oxygens (including phenoxy) is 1. The van der Waals surface area contributed by atoms with Crippen LogP contribution in [0.5, 0.6) is 5.75 Å². The Balaban J connectivity index is 2.15. The summed E-state index contributed by atoms with van der Waals surface area (Å²) in [7, 11) is 3.59. The third-order valence-corrected chi connectivity index (χ3v) is 4.27. The SMILES string of the molecule is COc1cc2c(cc1F)nc(CCCl)n2C1CCN(C)C1. The molecule has 0 radical (unpaired) electrons. The van der Waals surface area contributed by atoms with Crippen molar-refractivity contribution in [3.63, 3.8) is 0 Å². The van der Waals surface area contributed by atoms with Gasteiger partial charge in [0.2, 0.25) is 0 Å². The summed E-state index contributed by atoms with van der Waals surface area (Å²) < 4.78 is 21.2. The average molecular weight is 312 g/mol. The predicted octanol–water partition coefficient (Wildman–Crippen LogP) is 2.84. The summed E-state index contributed by atoms with van der Waals surface area (Å²) in [6.07, 6.45) is 1.75. The van der Waals surface area contributed by atoms with Gasteiger partial charge < -0.3 is 14.2 Å². The van der Waals surface area contributed by atoms with Crippen LogP contribution in [0, 0.1) is 5.82 Å². The lowest BCUT2D eigenvalue weighted by Gasteiger charge is -2.17. The van der Waals surface area contributed by atoms with E-state index in [-0.39, 0.29) is 11.6 Å². The van der Waals surface area contributed by atoms with Gasteiger partial charge in [0.25, 0.3) is 0 Å². The number of methoxy groups -OCH3 is 1. The predicted molar refractivity (Wildman–Crippen MR) is 81.8 cm³/mol. The molecule has 1 unspecified atom stereocenters. The van der Waals surface area contributed by atoms with Gasteiger partial charge in [-0.05, 0) is 20.0 Å². The van der Waals surface area contributed by atoms with Crippen LogP contribution >= 0.6 is 11.6 Å². The Bertz CT molecular complexity index is 658. The molecule has 1 atom stereocenters. The van der Waals surface area contributed by atoms with Crippen LogP contribution in [0.15, 0.2) is 12.1 Å². The normalized spacial score (nSPS) is 19.5. The zero-order valence-electron chi connectivity index (χ0n) is 12.3. The van der Waals surface area contributed by atoms with Crippen LogP contribution in [0.1, 0.15) is 18.3 Å². The van der Waals surface area contributed by atoms with E-state index in [1.165, 1.54) is 13.2 Å². The first-order valence-corrected chi connectivity index (χ1v) is 7.66. The first-order chi connectivity index (χ1) is 10.1. The maximum atomic E-state index is 13.9. The van der Waals surface area contributed by atoms with Crippen LogP contribution in [-0.4, -0.2) is 47.6 Å². The molecule has 3 rings (SSSR count). The average Bonchev–Trinajstić information content (AvgIpc) is 3.01. The quantitative estimate of drug-likeness (QED) is 0.813. The number of halogens is 2. The zero-order valence-corrected chi connectivity index (χ0v) is 13.0. The number of aromatic nitrogens is 2. The molecule has 2 aromatic rings. The number of aryl methyl sites for hydroxylation is 1. The number of hydrogen-bond acceptors (Lipinski definition) is 3. The number of likely N-dealkylation sites (N-methyl/N-ethyl adjacent to an activating group) is 1. The lowest BCUT2D eigenvalue weighted by atomic mass is 10.2. The van der Waals surface area contributed by atoms with E-state index < -0.39 is 0 Å². The Kier molecular flexibility index (Phi) is 4.04. The summed E-state index contributed by atoms with van der Waals surface area (Å²) in [6, 6.07) is 3.54. The van der Waals surface area contributed by atoms with Crippen molar-refractivity contribution in [2.75, 3.05) is 33.1 Å². The van der Waals surface area contributed by atoms with E-state index in [2.05, 4.69) is 21.5 Å². The Labute approximate surface area is 128 Å². The largest absolute Gasteiger partial charge is 0.494 e. The van der Waals surface area contributed by atoms with Gasteiger partial charge in [0.05, 0.1) is 18.1 Å². The summed E-state index contributed by atoms with van der Waals surface area (Å²) >= 11 is 5.90. The van der Waals surface area contributed by atoms with Crippen molar-refractivity contribution in [1.29, 1.82) is 0 Å². The number of alkyl halides is 1. The van der Waals surface area contributed by atoms with Crippen LogP contribution < -0.4 is 4.74 Å². The second-order valence-corrected chi connectivity index (χ2v) is 5.90. The molecule has 0 aliphatic carbocycles. The van der Waals surface area contributed by atoms with Gasteiger partial charge in [-0.25, -0.2) is 9.37 Å². The van der Waals surface area contributed by atoms with Crippen molar-refractivity contribution in [3.05, 3.63) is 23.8 Å². The smallest absolute Gasteiger partial charge is 0.167 e. The number of imidazole rings is 1. The topological polar surface area (TPSA) is 30.3 Å². The number of nitrogens with zero attached hydrogens (tertiary/aromatic N) is 3. The third-order valence-electron chi connectivity index (χ3n) is 4.09. The van der Waals surface area contributed by atoms with Gasteiger partial charge in [-0.15, -0.1) is 11.6 Å². The van der Waals surface area contributed by atoms with Gasteiger partial charge >= 0.3 is 0 Å². The van der Waals surface area contributed by atoms with Gasteiger partial charge in [0, 0.05) is 37.0 Å². The highest BCUT2D eigenvalue weighted by atomic mass is 35.5. The Morgan fingerprint density at radius 1 is 1.48 bits per heavy atom. The molecule has 1 aromatic carbocycles. The van der Waals surface area contributed by atoms with Crippen LogP contribution in [-0.2, 0) is 6.42 Å². The summed E-state index contributed by atoms with van der Waals surface area (Å²) in [4.78, 5) is 6.87. The Morgan fingerprint density at radius 2 is 2.29 bits per heavy atom. The van der Waals surface area contributed by atoms with Gasteiger partial charge in [-0.2, -0.15) is 0 Å². The highest BCUT2D eigenvalue weighted by Crippen LogP contribution is 2.31. The lowest BCUT2D eigenvalue weighted by molar-refractivity contribution is 0.385. The van der Waals surface area contributed by atoms with Crippen LogP contribution in [0.2, 0.25) is 0 Å². The number of fused-ring (bicyclic) bond motifs is 1. The van der Waals surface area contributed by atoms with Gasteiger partial charge in [-0.1, -0.05) is 0 Å². The molecular formula is C15H19ClFN3O. The zero-order chi connectivity index (χ0) is 15.0. The van der Waals surface area contributed by atoms with E-state index in [0.29, 0.717) is 23.9 Å². The minimum atomic E-state index is -0.379. The fourth-order valence-corrected chi connectivity index (χ4v) is 3.26. The fourth-order valence-electron chi connectivity index (χ4n) is 3.09. The number of rotatable bonds is 4. The third kappa shape index (κ3) is 2.60. The van der Waals surface area contributed by atoms with Crippen molar-refractivity contribution in [2.24, 2.45) is 0 Å². The molecule has 1 fully saturated rings. The van der Waals surface area contributed by atoms with Crippen molar-refractivity contribution in [3.8, 4) is 5.75 Å². The van der Waals surface area contributed by atoms with Gasteiger partial charge in [0.15, 0.2) is 11.6 Å². The monoisotopic (exact) mass is 311 g/mol. The van der Waals surface area contributed by atoms with E-state index in [1.54, 1.807) is 6.07 Å². The molecule has 1 aliphatic heterocycles. The summed E-state index contributed by atoms with van der Waals surface area (Å²) in [5, 5.41) is 0. The summed E-state index contributed by atoms with van der Waals surface area (Å²) in [6.45, 7) is 2.03. The van der Waals surface area contributed by atoms with E-state index in [4.69, 9.17) is 16.3 Å². The van der Waals surface area contributed by atoms with Gasteiger partial charge in [0.1, 0.15) is 5.82 Å². The first-order valence-electron chi connectivity index (χ1n) is 7.13. The molecular weight excluding hydrogens is 293 g/mol. The van der Waals surface area contributed by atoms with Crippen molar-refractivity contribution >= 4 is 22.6 Å². The molecule has 114 valence electrons. The molecule has 0 N–H and O–H groups in total. The molecule has 1 aromatic heterocycles. The van der Waals surface area contributed by atoms with Crippen molar-refractivity contribution < 1.29 is 9.13 Å². The van der Waals surface area contributed by atoms with E-state index >= 15 is 0 Å². The van der Waals surface area contributed by atoms with Crippen LogP contribution in [0.3, 0.4) is 0 Å². The molecule has 1 aliphatic rings. The van der Waals surface area contributed by atoms with E-state index in [1.807, 2.05) is 0 Å². The number of benzene rings is 1. The minimum absolute atomic E-state index is 0.257. The molecule has 21 heavy (non-hydrogen) atoms. The van der Waals surface area contributed by atoms with Gasteiger partial charge in [-0.3, -0.25) is 0 Å². The van der Waals surface area contributed by atoms with E-state index in [9.17, 15) is 4.39 Å². The molecule has 4 nitrogen and oxygen atoms in total. The molecule has 6 heteroatoms. The number of hydrogen-bond donors (Lipinski definition) is 0. The minimum Gasteiger partial charge on any atom is -0.494 e. The molecule has 0 spiro atoms. The highest BCUT2D eigenvalue weighted by Gasteiger charge is 2.26. The maximum Gasteiger partial charge on any atom is 0.167 e. The second kappa shape index (κ2) is 5.81. The maximum absolute atomic E-state index is 13.9. The molecule has 0 amide bonds. The Hall–Kier alpha value is -1.33. The molecule has 2 heterocycles. The molecule has 1 saturated heterocycles. The standard InChI is InChI=1S/C15H19ClFN3O/c1-19-6-4-10(9-19)20-13-8-14(21-2)11(17)7-12(13)18-15(20)3-5-16/h7-8,10H,3-6,9H2,1-2H3. The van der Waals surface area contributed by atoms with Crippen molar-refractivity contribution in [2.45, 2.75) is 18.9 Å². The second-order valence-electron chi connectivity index (χ2n) is 5.52. The van der Waals surface area contributed by atoms with Crippen LogP contribution in [0.25, 0.3) is 11.0 Å². The van der Waals surface area contributed by atoms with Crippen molar-refractivity contribution in [1.82, 2.24) is 14.5 Å². The van der Waals surface area contributed by atoms with Crippen LogP contribution in [0.4, 0.5) is 4.39 Å². The molecule has 0 saturated carbocycles. The summed E-state index contributed by atoms with van der Waals surface area (Å²) in [5.74, 6) is 1.31. The highest BCUT2D eigenvalue weighted by molar-refractivity contribution is 6.17.